The molecule has 1 aliphatic rings. The highest BCUT2D eigenvalue weighted by molar-refractivity contribution is 6.33. The number of hydrogen-bond donors (Lipinski definition) is 2. The van der Waals surface area contributed by atoms with Crippen molar-refractivity contribution < 1.29 is 0 Å². The van der Waals surface area contributed by atoms with Crippen LogP contribution in [0.2, 0.25) is 5.02 Å². The van der Waals surface area contributed by atoms with Crippen LogP contribution in [0.1, 0.15) is 18.9 Å². The zero-order valence-electron chi connectivity index (χ0n) is 17.6. The Kier molecular flexibility index (Phi) is 5.62. The standard InChI is InChI=1S/C25H26ClN5/c1-17-11-19(16-31(14-17)15-18-7-3-2-4-8-18)29-25-28-13-22(26)24(30-25)21-12-27-23-10-6-5-9-20(21)23/h2-10,12-13,17,19,27H,11,14-16H2,1H3,(H,28,29,30)/t17?,19-/m0/s1. The minimum atomic E-state index is 0.296. The molecule has 31 heavy (non-hydrogen) atoms. The molecule has 4 aromatic rings. The molecule has 2 aromatic carbocycles. The van der Waals surface area contributed by atoms with Crippen LogP contribution in [-0.2, 0) is 6.54 Å². The molecule has 0 radical (unpaired) electrons. The summed E-state index contributed by atoms with van der Waals surface area (Å²) in [7, 11) is 0. The number of para-hydroxylation sites is 1. The SMILES string of the molecule is CC1C[C@H](Nc2ncc(Cl)c(-c3c[nH]c4ccccc34)n2)CN(Cc2ccccc2)C1. The molecule has 6 heteroatoms. The molecule has 5 rings (SSSR count). The Balaban J connectivity index is 1.35. The number of aromatic amines is 1. The molecule has 0 amide bonds. The highest BCUT2D eigenvalue weighted by atomic mass is 35.5. The summed E-state index contributed by atoms with van der Waals surface area (Å²) >= 11 is 6.49. The van der Waals surface area contributed by atoms with Crippen LogP contribution in [-0.4, -0.2) is 39.0 Å². The molecule has 1 fully saturated rings. The smallest absolute Gasteiger partial charge is 0.223 e. The normalized spacial score (nSPS) is 19.5. The van der Waals surface area contributed by atoms with Crippen LogP contribution >= 0.6 is 11.6 Å². The van der Waals surface area contributed by atoms with Gasteiger partial charge in [0.05, 0.1) is 16.9 Å². The van der Waals surface area contributed by atoms with Gasteiger partial charge in [0.1, 0.15) is 0 Å². The van der Waals surface area contributed by atoms with E-state index in [1.165, 1.54) is 5.56 Å². The molecule has 0 bridgehead atoms. The highest BCUT2D eigenvalue weighted by Gasteiger charge is 2.25. The molecular formula is C25H26ClN5. The van der Waals surface area contributed by atoms with Gasteiger partial charge >= 0.3 is 0 Å². The summed E-state index contributed by atoms with van der Waals surface area (Å²) in [4.78, 5) is 15.1. The summed E-state index contributed by atoms with van der Waals surface area (Å²) < 4.78 is 0. The van der Waals surface area contributed by atoms with E-state index in [1.54, 1.807) is 6.20 Å². The molecule has 1 saturated heterocycles. The molecule has 2 N–H and O–H groups in total. The van der Waals surface area contributed by atoms with Crippen molar-refractivity contribution in [3.63, 3.8) is 0 Å². The maximum Gasteiger partial charge on any atom is 0.223 e. The summed E-state index contributed by atoms with van der Waals surface area (Å²) in [6.07, 6.45) is 4.76. The first kappa shape index (κ1) is 20.0. The van der Waals surface area contributed by atoms with E-state index in [1.807, 2.05) is 18.3 Å². The number of rotatable bonds is 5. The van der Waals surface area contributed by atoms with E-state index in [4.69, 9.17) is 16.6 Å². The number of hydrogen-bond acceptors (Lipinski definition) is 4. The van der Waals surface area contributed by atoms with Crippen LogP contribution < -0.4 is 5.32 Å². The van der Waals surface area contributed by atoms with Gasteiger partial charge < -0.3 is 10.3 Å². The second-order valence-corrected chi connectivity index (χ2v) is 8.91. The first-order valence-electron chi connectivity index (χ1n) is 10.8. The number of benzene rings is 2. The van der Waals surface area contributed by atoms with Gasteiger partial charge in [-0.25, -0.2) is 9.97 Å². The second kappa shape index (κ2) is 8.69. The van der Waals surface area contributed by atoms with Crippen molar-refractivity contribution in [1.29, 1.82) is 0 Å². The fourth-order valence-corrected chi connectivity index (χ4v) is 4.81. The number of piperidine rings is 1. The Bertz CT molecular complexity index is 1170. The fourth-order valence-electron chi connectivity index (χ4n) is 4.61. The van der Waals surface area contributed by atoms with E-state index in [-0.39, 0.29) is 0 Å². The maximum atomic E-state index is 6.49. The van der Waals surface area contributed by atoms with E-state index in [0.29, 0.717) is 22.9 Å². The van der Waals surface area contributed by atoms with Crippen LogP contribution in [0.25, 0.3) is 22.2 Å². The number of H-pyrrole nitrogens is 1. The number of nitrogens with one attached hydrogen (secondary N) is 2. The predicted octanol–water partition coefficient (Wildman–Crippen LogP) is 5.60. The molecular weight excluding hydrogens is 406 g/mol. The number of likely N-dealkylation sites (tertiary alicyclic amines) is 1. The van der Waals surface area contributed by atoms with Gasteiger partial charge in [0.25, 0.3) is 0 Å². The molecule has 0 spiro atoms. The van der Waals surface area contributed by atoms with Gasteiger partial charge in [0.15, 0.2) is 0 Å². The Morgan fingerprint density at radius 3 is 2.77 bits per heavy atom. The van der Waals surface area contributed by atoms with E-state index in [2.05, 4.69) is 69.6 Å². The topological polar surface area (TPSA) is 56.8 Å². The molecule has 3 heterocycles. The first-order chi connectivity index (χ1) is 15.2. The van der Waals surface area contributed by atoms with Crippen LogP contribution in [0.4, 0.5) is 5.95 Å². The molecule has 2 aromatic heterocycles. The Morgan fingerprint density at radius 1 is 1.10 bits per heavy atom. The van der Waals surface area contributed by atoms with Crippen molar-refractivity contribution in [1.82, 2.24) is 19.9 Å². The minimum Gasteiger partial charge on any atom is -0.360 e. The van der Waals surface area contributed by atoms with Crippen molar-refractivity contribution >= 4 is 28.5 Å². The average Bonchev–Trinajstić information content (AvgIpc) is 3.19. The molecule has 0 saturated carbocycles. The Hall–Kier alpha value is -2.89. The van der Waals surface area contributed by atoms with Gasteiger partial charge in [-0.05, 0) is 24.0 Å². The van der Waals surface area contributed by atoms with Gasteiger partial charge in [-0.2, -0.15) is 0 Å². The Morgan fingerprint density at radius 2 is 1.90 bits per heavy atom. The molecule has 1 aliphatic heterocycles. The summed E-state index contributed by atoms with van der Waals surface area (Å²) in [6, 6.07) is 19.1. The lowest BCUT2D eigenvalue weighted by Gasteiger charge is -2.36. The zero-order chi connectivity index (χ0) is 21.2. The van der Waals surface area contributed by atoms with Crippen molar-refractivity contribution in [2.75, 3.05) is 18.4 Å². The molecule has 1 unspecified atom stereocenters. The largest absolute Gasteiger partial charge is 0.360 e. The van der Waals surface area contributed by atoms with Crippen molar-refractivity contribution in [2.45, 2.75) is 25.9 Å². The van der Waals surface area contributed by atoms with Gasteiger partial charge in [0, 0.05) is 48.3 Å². The third kappa shape index (κ3) is 4.43. The highest BCUT2D eigenvalue weighted by Crippen LogP contribution is 2.32. The van der Waals surface area contributed by atoms with Gasteiger partial charge in [0.2, 0.25) is 5.95 Å². The van der Waals surface area contributed by atoms with Crippen LogP contribution in [0.15, 0.2) is 67.0 Å². The quantitative estimate of drug-likeness (QED) is 0.431. The number of fused-ring (bicyclic) bond motifs is 1. The van der Waals surface area contributed by atoms with E-state index in [0.717, 1.165) is 48.2 Å². The maximum absolute atomic E-state index is 6.49. The monoisotopic (exact) mass is 431 g/mol. The summed E-state index contributed by atoms with van der Waals surface area (Å²) in [5.74, 6) is 1.23. The first-order valence-corrected chi connectivity index (χ1v) is 11.2. The van der Waals surface area contributed by atoms with E-state index >= 15 is 0 Å². The van der Waals surface area contributed by atoms with Crippen molar-refractivity contribution in [3.05, 3.63) is 77.6 Å². The minimum absolute atomic E-state index is 0.296. The number of halogens is 1. The van der Waals surface area contributed by atoms with Crippen LogP contribution in [0.3, 0.4) is 0 Å². The van der Waals surface area contributed by atoms with Gasteiger partial charge in [-0.15, -0.1) is 0 Å². The summed E-state index contributed by atoms with van der Waals surface area (Å²) in [6.45, 7) is 5.35. The third-order valence-corrected chi connectivity index (χ3v) is 6.18. The van der Waals surface area contributed by atoms with E-state index in [9.17, 15) is 0 Å². The van der Waals surface area contributed by atoms with Gasteiger partial charge in [-0.1, -0.05) is 67.1 Å². The zero-order valence-corrected chi connectivity index (χ0v) is 18.3. The summed E-state index contributed by atoms with van der Waals surface area (Å²) in [5.41, 5.74) is 4.16. The molecule has 2 atom stereocenters. The number of anilines is 1. The van der Waals surface area contributed by atoms with Crippen molar-refractivity contribution in [3.8, 4) is 11.3 Å². The third-order valence-electron chi connectivity index (χ3n) is 5.91. The van der Waals surface area contributed by atoms with Crippen LogP contribution in [0, 0.1) is 5.92 Å². The molecule has 0 aliphatic carbocycles. The number of aromatic nitrogens is 3. The fraction of sp³-hybridized carbons (Fsp3) is 0.280. The molecule has 5 nitrogen and oxygen atoms in total. The van der Waals surface area contributed by atoms with Crippen LogP contribution in [0.5, 0.6) is 0 Å². The lowest BCUT2D eigenvalue weighted by molar-refractivity contribution is 0.165. The Labute approximate surface area is 187 Å². The summed E-state index contributed by atoms with van der Waals surface area (Å²) in [5, 5.41) is 5.23. The van der Waals surface area contributed by atoms with Crippen molar-refractivity contribution in [2.24, 2.45) is 5.92 Å². The lowest BCUT2D eigenvalue weighted by atomic mass is 9.95. The van der Waals surface area contributed by atoms with E-state index < -0.39 is 0 Å². The average molecular weight is 432 g/mol. The lowest BCUT2D eigenvalue weighted by Crippen LogP contribution is -2.45. The predicted molar refractivity (Wildman–Crippen MR) is 127 cm³/mol. The van der Waals surface area contributed by atoms with Gasteiger partial charge in [-0.3, -0.25) is 4.90 Å². The number of nitrogens with zero attached hydrogens (tertiary/aromatic N) is 3. The second-order valence-electron chi connectivity index (χ2n) is 8.50. The molecule has 158 valence electrons.